The van der Waals surface area contributed by atoms with Crippen LogP contribution in [-0.4, -0.2) is 35.2 Å². The van der Waals surface area contributed by atoms with E-state index in [1.807, 2.05) is 11.8 Å². The molecule has 4 heteroatoms. The standard InChI is InChI=1S/C11H18N2OS/c1-2-8-6-12-11(15-8)13-9-5-7-3-4-10(9)14-7/h7-10H,2-6H2,1H3,(H,12,13). The summed E-state index contributed by atoms with van der Waals surface area (Å²) in [6.07, 6.45) is 5.88. The molecule has 3 aliphatic heterocycles. The van der Waals surface area contributed by atoms with Crippen LogP contribution in [0.2, 0.25) is 0 Å². The third kappa shape index (κ3) is 1.89. The van der Waals surface area contributed by atoms with Gasteiger partial charge in [0.25, 0.3) is 0 Å². The number of amidine groups is 1. The first kappa shape index (κ1) is 9.97. The normalized spacial score (nSPS) is 43.4. The van der Waals surface area contributed by atoms with Gasteiger partial charge in [0.2, 0.25) is 0 Å². The van der Waals surface area contributed by atoms with Gasteiger partial charge in [-0.3, -0.25) is 4.99 Å². The Morgan fingerprint density at radius 2 is 2.47 bits per heavy atom. The van der Waals surface area contributed by atoms with Crippen molar-refractivity contribution in [1.29, 1.82) is 0 Å². The lowest BCUT2D eigenvalue weighted by Gasteiger charge is -2.20. The van der Waals surface area contributed by atoms with Gasteiger partial charge in [-0.1, -0.05) is 18.7 Å². The minimum absolute atomic E-state index is 0.457. The Morgan fingerprint density at radius 1 is 1.53 bits per heavy atom. The Kier molecular flexibility index (Phi) is 2.64. The minimum atomic E-state index is 0.457. The van der Waals surface area contributed by atoms with Crippen molar-refractivity contribution in [2.45, 2.75) is 56.1 Å². The molecule has 0 aromatic heterocycles. The summed E-state index contributed by atoms with van der Waals surface area (Å²) in [6, 6.07) is 0.533. The summed E-state index contributed by atoms with van der Waals surface area (Å²) >= 11 is 1.91. The SMILES string of the molecule is CCC1CN=C(NC2CC3CCC2O3)S1. The highest BCUT2D eigenvalue weighted by Crippen LogP contribution is 2.35. The molecule has 0 spiro atoms. The largest absolute Gasteiger partial charge is 0.373 e. The maximum Gasteiger partial charge on any atom is 0.157 e. The predicted octanol–water partition coefficient (Wildman–Crippen LogP) is 1.78. The molecule has 0 aliphatic carbocycles. The fourth-order valence-corrected chi connectivity index (χ4v) is 3.66. The van der Waals surface area contributed by atoms with E-state index in [-0.39, 0.29) is 0 Å². The first-order valence-electron chi connectivity index (χ1n) is 5.98. The molecule has 0 amide bonds. The van der Waals surface area contributed by atoms with E-state index < -0.39 is 0 Å². The number of hydrogen-bond donors (Lipinski definition) is 1. The highest BCUT2D eigenvalue weighted by atomic mass is 32.2. The van der Waals surface area contributed by atoms with Crippen molar-refractivity contribution in [3.05, 3.63) is 0 Å². The third-order valence-corrected chi connectivity index (χ3v) is 4.87. The summed E-state index contributed by atoms with van der Waals surface area (Å²) in [4.78, 5) is 4.55. The van der Waals surface area contributed by atoms with Gasteiger partial charge in [-0.15, -0.1) is 0 Å². The Balaban J connectivity index is 1.54. The highest BCUT2D eigenvalue weighted by molar-refractivity contribution is 8.14. The molecule has 84 valence electrons. The molecular formula is C11H18N2OS. The van der Waals surface area contributed by atoms with E-state index >= 15 is 0 Å². The monoisotopic (exact) mass is 226 g/mol. The minimum Gasteiger partial charge on any atom is -0.373 e. The van der Waals surface area contributed by atoms with Gasteiger partial charge in [0.05, 0.1) is 24.8 Å². The molecule has 0 aromatic rings. The highest BCUT2D eigenvalue weighted by Gasteiger charge is 2.41. The number of hydrogen-bond acceptors (Lipinski definition) is 4. The molecular weight excluding hydrogens is 208 g/mol. The van der Waals surface area contributed by atoms with Crippen molar-refractivity contribution in [3.63, 3.8) is 0 Å². The molecule has 3 rings (SSSR count). The fraction of sp³-hybridized carbons (Fsp3) is 0.909. The zero-order chi connectivity index (χ0) is 10.3. The van der Waals surface area contributed by atoms with Crippen molar-refractivity contribution in [1.82, 2.24) is 5.32 Å². The second-order valence-corrected chi connectivity index (χ2v) is 5.94. The average Bonchev–Trinajstić information content (AvgIpc) is 2.92. The smallest absolute Gasteiger partial charge is 0.157 e. The quantitative estimate of drug-likeness (QED) is 0.779. The number of aliphatic imine (C=N–C) groups is 1. The molecule has 0 radical (unpaired) electrons. The Labute approximate surface area is 95.1 Å². The zero-order valence-electron chi connectivity index (χ0n) is 9.11. The van der Waals surface area contributed by atoms with Crippen LogP contribution >= 0.6 is 11.8 Å². The molecule has 4 unspecified atom stereocenters. The van der Waals surface area contributed by atoms with Gasteiger partial charge in [-0.05, 0) is 25.7 Å². The van der Waals surface area contributed by atoms with Crippen LogP contribution in [0.3, 0.4) is 0 Å². The van der Waals surface area contributed by atoms with Crippen LogP contribution in [0, 0.1) is 0 Å². The van der Waals surface area contributed by atoms with Crippen LogP contribution in [0.1, 0.15) is 32.6 Å². The van der Waals surface area contributed by atoms with E-state index in [0.717, 1.165) is 11.7 Å². The summed E-state index contributed by atoms with van der Waals surface area (Å²) in [5.74, 6) is 0. The van der Waals surface area contributed by atoms with Crippen LogP contribution < -0.4 is 5.32 Å². The number of ether oxygens (including phenoxy) is 1. The molecule has 2 fully saturated rings. The van der Waals surface area contributed by atoms with Crippen LogP contribution in [0.25, 0.3) is 0 Å². The lowest BCUT2D eigenvalue weighted by atomic mass is 9.96. The van der Waals surface area contributed by atoms with Crippen molar-refractivity contribution in [3.8, 4) is 0 Å². The van der Waals surface area contributed by atoms with Crippen molar-refractivity contribution >= 4 is 16.9 Å². The lowest BCUT2D eigenvalue weighted by molar-refractivity contribution is 0.0994. The summed E-state index contributed by atoms with van der Waals surface area (Å²) < 4.78 is 5.82. The molecule has 2 saturated heterocycles. The summed E-state index contributed by atoms with van der Waals surface area (Å²) in [6.45, 7) is 3.22. The molecule has 15 heavy (non-hydrogen) atoms. The van der Waals surface area contributed by atoms with Gasteiger partial charge < -0.3 is 10.1 Å². The molecule has 1 N–H and O–H groups in total. The van der Waals surface area contributed by atoms with E-state index in [2.05, 4.69) is 17.2 Å². The maximum absolute atomic E-state index is 5.82. The van der Waals surface area contributed by atoms with Crippen LogP contribution in [0.5, 0.6) is 0 Å². The summed E-state index contributed by atoms with van der Waals surface area (Å²) in [5, 5.41) is 5.42. The number of fused-ring (bicyclic) bond motifs is 2. The molecule has 3 heterocycles. The van der Waals surface area contributed by atoms with Crippen LogP contribution in [-0.2, 0) is 4.74 Å². The van der Waals surface area contributed by atoms with E-state index in [9.17, 15) is 0 Å². The molecule has 4 atom stereocenters. The van der Waals surface area contributed by atoms with E-state index in [1.165, 1.54) is 25.7 Å². The molecule has 2 bridgehead atoms. The molecule has 0 aromatic carbocycles. The lowest BCUT2D eigenvalue weighted by Crippen LogP contribution is -2.39. The van der Waals surface area contributed by atoms with E-state index in [0.29, 0.717) is 23.5 Å². The number of nitrogens with one attached hydrogen (secondary N) is 1. The second kappa shape index (κ2) is 3.98. The van der Waals surface area contributed by atoms with Crippen LogP contribution in [0.15, 0.2) is 4.99 Å². The van der Waals surface area contributed by atoms with Crippen LogP contribution in [0.4, 0.5) is 0 Å². The number of rotatable bonds is 2. The van der Waals surface area contributed by atoms with Gasteiger partial charge in [0.15, 0.2) is 5.17 Å². The topological polar surface area (TPSA) is 33.6 Å². The van der Waals surface area contributed by atoms with Gasteiger partial charge in [-0.25, -0.2) is 0 Å². The van der Waals surface area contributed by atoms with Crippen molar-refractivity contribution < 1.29 is 4.74 Å². The Morgan fingerprint density at radius 3 is 3.07 bits per heavy atom. The maximum atomic E-state index is 5.82. The second-order valence-electron chi connectivity index (χ2n) is 4.65. The first-order valence-corrected chi connectivity index (χ1v) is 6.86. The average molecular weight is 226 g/mol. The summed E-state index contributed by atoms with van der Waals surface area (Å²) in [7, 11) is 0. The Bertz CT molecular complexity index is 282. The molecule has 3 nitrogen and oxygen atoms in total. The predicted molar refractivity (Wildman–Crippen MR) is 63.4 cm³/mol. The van der Waals surface area contributed by atoms with Gasteiger partial charge >= 0.3 is 0 Å². The summed E-state index contributed by atoms with van der Waals surface area (Å²) in [5.41, 5.74) is 0. The Hall–Kier alpha value is -0.220. The van der Waals surface area contributed by atoms with E-state index in [1.54, 1.807) is 0 Å². The molecule has 0 saturated carbocycles. The first-order chi connectivity index (χ1) is 7.35. The van der Waals surface area contributed by atoms with Gasteiger partial charge in [-0.2, -0.15) is 0 Å². The number of nitrogens with zero attached hydrogens (tertiary/aromatic N) is 1. The van der Waals surface area contributed by atoms with Crippen molar-refractivity contribution in [2.75, 3.05) is 6.54 Å². The molecule has 3 aliphatic rings. The number of thioether (sulfide) groups is 1. The zero-order valence-corrected chi connectivity index (χ0v) is 9.93. The van der Waals surface area contributed by atoms with E-state index in [4.69, 9.17) is 4.74 Å². The van der Waals surface area contributed by atoms with Crippen molar-refractivity contribution in [2.24, 2.45) is 4.99 Å². The van der Waals surface area contributed by atoms with Gasteiger partial charge in [0, 0.05) is 5.25 Å². The fourth-order valence-electron chi connectivity index (χ4n) is 2.66. The third-order valence-electron chi connectivity index (χ3n) is 3.59. The van der Waals surface area contributed by atoms with Gasteiger partial charge in [0.1, 0.15) is 0 Å².